The van der Waals surface area contributed by atoms with Crippen molar-refractivity contribution in [2.45, 2.75) is 47.6 Å². The Bertz CT molecular complexity index is 436. The Morgan fingerprint density at radius 1 is 1.24 bits per heavy atom. The lowest BCUT2D eigenvalue weighted by molar-refractivity contribution is -0.128. The Labute approximate surface area is 133 Å². The summed E-state index contributed by atoms with van der Waals surface area (Å²) in [6, 6.07) is 6.48. The maximum Gasteiger partial charge on any atom is 0.158 e. The molecule has 0 bridgehead atoms. The molecule has 0 aliphatic heterocycles. The van der Waals surface area contributed by atoms with E-state index in [0.717, 1.165) is 5.92 Å². The van der Waals surface area contributed by atoms with Crippen molar-refractivity contribution in [3.05, 3.63) is 29.3 Å². The van der Waals surface area contributed by atoms with Crippen molar-refractivity contribution in [3.8, 4) is 5.75 Å². The van der Waals surface area contributed by atoms with Crippen LogP contribution >= 0.6 is 11.6 Å². The Morgan fingerprint density at radius 2 is 1.71 bits per heavy atom. The molecular formula is C17H28ClNO2. The summed E-state index contributed by atoms with van der Waals surface area (Å²) >= 11 is 5.93. The van der Waals surface area contributed by atoms with Gasteiger partial charge in [0.15, 0.2) is 5.78 Å². The van der Waals surface area contributed by atoms with Gasteiger partial charge in [0.25, 0.3) is 0 Å². The van der Waals surface area contributed by atoms with Crippen LogP contribution in [-0.2, 0) is 4.79 Å². The van der Waals surface area contributed by atoms with E-state index in [1.807, 2.05) is 32.9 Å². The van der Waals surface area contributed by atoms with E-state index in [4.69, 9.17) is 22.1 Å². The maximum atomic E-state index is 11.8. The minimum Gasteiger partial charge on any atom is -0.490 e. The molecular weight excluding hydrogens is 286 g/mol. The summed E-state index contributed by atoms with van der Waals surface area (Å²) in [7, 11) is 0. The number of carbonyl (C=O) groups is 1. The first kappa shape index (κ1) is 19.9. The second-order valence-corrected chi connectivity index (χ2v) is 7.10. The van der Waals surface area contributed by atoms with Crippen molar-refractivity contribution in [2.24, 2.45) is 17.1 Å². The Kier molecular flexibility index (Phi) is 8.60. The quantitative estimate of drug-likeness (QED) is 0.900. The summed E-state index contributed by atoms with van der Waals surface area (Å²) in [5.74, 6) is 1.36. The highest BCUT2D eigenvalue weighted by atomic mass is 35.5. The van der Waals surface area contributed by atoms with Crippen LogP contribution in [0.25, 0.3) is 0 Å². The highest BCUT2D eigenvalue weighted by Gasteiger charge is 2.27. The molecule has 1 aromatic carbocycles. The minimum atomic E-state index is -0.633. The fourth-order valence-corrected chi connectivity index (χ4v) is 1.56. The zero-order chi connectivity index (χ0) is 16.6. The van der Waals surface area contributed by atoms with Gasteiger partial charge >= 0.3 is 0 Å². The highest BCUT2D eigenvalue weighted by Crippen LogP contribution is 2.23. The number of ketones is 1. The third-order valence-electron chi connectivity index (χ3n) is 2.33. The average molecular weight is 314 g/mol. The van der Waals surface area contributed by atoms with Crippen molar-refractivity contribution in [3.63, 3.8) is 0 Å². The largest absolute Gasteiger partial charge is 0.490 e. The molecule has 0 amide bonds. The summed E-state index contributed by atoms with van der Waals surface area (Å²) in [4.78, 5) is 11.8. The molecule has 4 heteroatoms. The third kappa shape index (κ3) is 8.74. The number of hydrogen-bond donors (Lipinski definition) is 1. The Hall–Kier alpha value is -1.06. The van der Waals surface area contributed by atoms with Crippen molar-refractivity contribution in [2.75, 3.05) is 6.61 Å². The van der Waals surface area contributed by atoms with Gasteiger partial charge in [-0.3, -0.25) is 4.79 Å². The SMILES string of the molecule is CC(C)(C)C(=O)[C@@H](N)COc1ccccc1Cl.CC(C)C. The summed E-state index contributed by atoms with van der Waals surface area (Å²) < 4.78 is 5.44. The molecule has 0 aliphatic rings. The van der Waals surface area contributed by atoms with Crippen molar-refractivity contribution >= 4 is 17.4 Å². The number of para-hydroxylation sites is 1. The number of carbonyl (C=O) groups excluding carboxylic acids is 1. The molecule has 2 N–H and O–H groups in total. The number of hydrogen-bond acceptors (Lipinski definition) is 3. The van der Waals surface area contributed by atoms with E-state index in [-0.39, 0.29) is 12.4 Å². The van der Waals surface area contributed by atoms with E-state index in [1.165, 1.54) is 0 Å². The molecule has 0 aromatic heterocycles. The van der Waals surface area contributed by atoms with Gasteiger partial charge < -0.3 is 10.5 Å². The van der Waals surface area contributed by atoms with Gasteiger partial charge in [0.1, 0.15) is 12.4 Å². The lowest BCUT2D eigenvalue weighted by atomic mass is 9.87. The van der Waals surface area contributed by atoms with Gasteiger partial charge in [-0.15, -0.1) is 0 Å². The van der Waals surface area contributed by atoms with E-state index < -0.39 is 11.5 Å². The lowest BCUT2D eigenvalue weighted by Gasteiger charge is -2.21. The van der Waals surface area contributed by atoms with E-state index in [1.54, 1.807) is 12.1 Å². The molecule has 0 radical (unpaired) electrons. The predicted octanol–water partition coefficient (Wildman–Crippen LogP) is 4.32. The van der Waals surface area contributed by atoms with Gasteiger partial charge in [-0.25, -0.2) is 0 Å². The molecule has 21 heavy (non-hydrogen) atoms. The van der Waals surface area contributed by atoms with Gasteiger partial charge in [0, 0.05) is 5.41 Å². The molecule has 0 saturated carbocycles. The molecule has 0 unspecified atom stereocenters. The van der Waals surface area contributed by atoms with Gasteiger partial charge in [-0.2, -0.15) is 0 Å². The fourth-order valence-electron chi connectivity index (χ4n) is 1.37. The van der Waals surface area contributed by atoms with Crippen LogP contribution < -0.4 is 10.5 Å². The summed E-state index contributed by atoms with van der Waals surface area (Å²) in [5.41, 5.74) is 5.33. The van der Waals surface area contributed by atoms with Crippen LogP contribution in [0.15, 0.2) is 24.3 Å². The van der Waals surface area contributed by atoms with Crippen LogP contribution in [0.3, 0.4) is 0 Å². The van der Waals surface area contributed by atoms with Gasteiger partial charge in [-0.1, -0.05) is 65.3 Å². The van der Waals surface area contributed by atoms with Crippen LogP contribution in [0.1, 0.15) is 41.5 Å². The van der Waals surface area contributed by atoms with E-state index >= 15 is 0 Å². The third-order valence-corrected chi connectivity index (χ3v) is 2.64. The molecule has 1 rings (SSSR count). The first-order valence-corrected chi connectivity index (χ1v) is 7.60. The van der Waals surface area contributed by atoms with E-state index in [0.29, 0.717) is 10.8 Å². The van der Waals surface area contributed by atoms with Crippen LogP contribution in [0.2, 0.25) is 5.02 Å². The number of nitrogens with two attached hydrogens (primary N) is 1. The zero-order valence-electron chi connectivity index (χ0n) is 13.9. The predicted molar refractivity (Wildman–Crippen MR) is 89.9 cm³/mol. The lowest BCUT2D eigenvalue weighted by Crippen LogP contribution is -2.43. The Morgan fingerprint density at radius 3 is 2.14 bits per heavy atom. The normalized spacial score (nSPS) is 12.4. The van der Waals surface area contributed by atoms with Gasteiger partial charge in [0.05, 0.1) is 11.1 Å². The molecule has 0 saturated heterocycles. The molecule has 3 nitrogen and oxygen atoms in total. The summed E-state index contributed by atoms with van der Waals surface area (Å²) in [6.07, 6.45) is 0. The molecule has 1 aromatic rings. The molecule has 1 atom stereocenters. The number of rotatable bonds is 4. The molecule has 120 valence electrons. The van der Waals surface area contributed by atoms with Crippen LogP contribution in [0.4, 0.5) is 0 Å². The highest BCUT2D eigenvalue weighted by molar-refractivity contribution is 6.32. The number of benzene rings is 1. The number of halogens is 1. The van der Waals surface area contributed by atoms with Crippen LogP contribution in [0.5, 0.6) is 5.75 Å². The topological polar surface area (TPSA) is 52.3 Å². The first-order valence-electron chi connectivity index (χ1n) is 7.23. The monoisotopic (exact) mass is 313 g/mol. The standard InChI is InChI=1S/C13H18ClNO2.C4H10/c1-13(2,3)12(16)10(15)8-17-11-7-5-4-6-9(11)14;1-4(2)3/h4-7,10H,8,15H2,1-3H3;4H,1-3H3/t10-;/m0./s1. The molecule has 0 aliphatic carbocycles. The second kappa shape index (κ2) is 9.06. The first-order chi connectivity index (χ1) is 9.55. The molecule has 0 spiro atoms. The molecule has 0 fully saturated rings. The van der Waals surface area contributed by atoms with Gasteiger partial charge in [-0.05, 0) is 18.1 Å². The van der Waals surface area contributed by atoms with E-state index in [2.05, 4.69) is 20.8 Å². The van der Waals surface area contributed by atoms with Crippen molar-refractivity contribution in [1.29, 1.82) is 0 Å². The zero-order valence-corrected chi connectivity index (χ0v) is 14.7. The van der Waals surface area contributed by atoms with Crippen molar-refractivity contribution < 1.29 is 9.53 Å². The molecule has 0 heterocycles. The van der Waals surface area contributed by atoms with Gasteiger partial charge in [0.2, 0.25) is 0 Å². The average Bonchev–Trinajstić information content (AvgIpc) is 2.34. The van der Waals surface area contributed by atoms with Crippen LogP contribution in [-0.4, -0.2) is 18.4 Å². The fraction of sp³-hybridized carbons (Fsp3) is 0.588. The Balaban J connectivity index is 0.000000885. The van der Waals surface area contributed by atoms with E-state index in [9.17, 15) is 4.79 Å². The number of Topliss-reactive ketones (excluding diaryl/α,β-unsaturated/α-hetero) is 1. The smallest absolute Gasteiger partial charge is 0.158 e. The summed E-state index contributed by atoms with van der Waals surface area (Å²) in [6.45, 7) is 12.2. The second-order valence-electron chi connectivity index (χ2n) is 6.69. The summed E-state index contributed by atoms with van der Waals surface area (Å²) in [5, 5.41) is 0.517. The maximum absolute atomic E-state index is 11.8. The number of ether oxygens (including phenoxy) is 1. The minimum absolute atomic E-state index is 0.0236. The van der Waals surface area contributed by atoms with Crippen molar-refractivity contribution in [1.82, 2.24) is 0 Å². The van der Waals surface area contributed by atoms with Crippen LogP contribution in [0, 0.1) is 11.3 Å².